The molecule has 54 valence electrons. The molecule has 0 radical (unpaired) electrons. The summed E-state index contributed by atoms with van der Waals surface area (Å²) in [7, 11) is 0. The van der Waals surface area contributed by atoms with Crippen LogP contribution in [0.4, 0.5) is 0 Å². The van der Waals surface area contributed by atoms with Gasteiger partial charge in [0.25, 0.3) is 6.47 Å². The zero-order chi connectivity index (χ0) is 7.11. The molecule has 1 rings (SSSR count). The smallest absolute Gasteiger partial charge is 1.00 e. The number of hydrogen-bond acceptors (Lipinski definition) is 2. The van der Waals surface area contributed by atoms with Crippen LogP contribution in [-0.4, -0.2) is 24.0 Å². The summed E-state index contributed by atoms with van der Waals surface area (Å²) in [6.07, 6.45) is 1.76. The molecule has 1 fully saturated rings. The zero-order valence-electron chi connectivity index (χ0n) is 6.96. The van der Waals surface area contributed by atoms with E-state index in [1.807, 2.05) is 0 Å². The second-order valence-electron chi connectivity index (χ2n) is 1.56. The standard InChI is InChI=1S/C4H7NO.CH2O2.Na.H/c6-4-2-1-3-5-4;2-1-3;;/h1-3H2,(H,5,6);1H,(H,2,3);;/q;;+1;-1. The molecule has 1 saturated heterocycles. The van der Waals surface area contributed by atoms with Crippen molar-refractivity contribution < 1.29 is 45.7 Å². The van der Waals surface area contributed by atoms with Gasteiger partial charge in [-0.05, 0) is 6.42 Å². The Bertz CT molecular complexity index is 104. The molecule has 1 heterocycles. The quantitative estimate of drug-likeness (QED) is 0.284. The molecule has 0 saturated carbocycles. The molecule has 10 heavy (non-hydrogen) atoms. The van der Waals surface area contributed by atoms with E-state index in [0.717, 1.165) is 19.4 Å². The summed E-state index contributed by atoms with van der Waals surface area (Å²) in [5.74, 6) is 0.204. The van der Waals surface area contributed by atoms with Gasteiger partial charge in [0.1, 0.15) is 0 Å². The summed E-state index contributed by atoms with van der Waals surface area (Å²) >= 11 is 0. The molecule has 0 aromatic rings. The fourth-order valence-corrected chi connectivity index (χ4v) is 0.565. The van der Waals surface area contributed by atoms with Gasteiger partial charge in [0.05, 0.1) is 0 Å². The van der Waals surface area contributed by atoms with E-state index in [4.69, 9.17) is 9.90 Å². The number of rotatable bonds is 0. The number of hydrogen-bond donors (Lipinski definition) is 2. The number of amides is 1. The van der Waals surface area contributed by atoms with Crippen LogP contribution in [0, 0.1) is 0 Å². The van der Waals surface area contributed by atoms with E-state index in [9.17, 15) is 4.79 Å². The molecule has 0 spiro atoms. The van der Waals surface area contributed by atoms with Crippen molar-refractivity contribution in [3.8, 4) is 0 Å². The van der Waals surface area contributed by atoms with Gasteiger partial charge in [0.2, 0.25) is 5.91 Å². The summed E-state index contributed by atoms with van der Waals surface area (Å²) < 4.78 is 0. The average Bonchev–Trinajstić information content (AvgIpc) is 2.20. The van der Waals surface area contributed by atoms with Crippen molar-refractivity contribution in [3.63, 3.8) is 0 Å². The first-order chi connectivity index (χ1) is 4.31. The van der Waals surface area contributed by atoms with E-state index in [1.54, 1.807) is 0 Å². The largest absolute Gasteiger partial charge is 1.00 e. The van der Waals surface area contributed by atoms with Crippen molar-refractivity contribution in [2.75, 3.05) is 6.54 Å². The van der Waals surface area contributed by atoms with Gasteiger partial charge in [0, 0.05) is 13.0 Å². The molecule has 1 amide bonds. The molecule has 0 atom stereocenters. The third-order valence-corrected chi connectivity index (χ3v) is 0.903. The van der Waals surface area contributed by atoms with Crippen LogP contribution in [0.15, 0.2) is 0 Å². The van der Waals surface area contributed by atoms with Crippen LogP contribution in [0.3, 0.4) is 0 Å². The normalized spacial score (nSPS) is 13.8. The van der Waals surface area contributed by atoms with E-state index in [-0.39, 0.29) is 43.4 Å². The molecular formula is C5H10NNaO3. The SMILES string of the molecule is O=C1CCCN1.O=CO.[H-].[Na+]. The Balaban J connectivity index is -0.000000116. The second-order valence-corrected chi connectivity index (χ2v) is 1.56. The Labute approximate surface area is 82.8 Å². The Hall–Kier alpha value is -0.0600. The third-order valence-electron chi connectivity index (χ3n) is 0.903. The molecule has 1 aliphatic rings. The first-order valence-electron chi connectivity index (χ1n) is 2.66. The third kappa shape index (κ3) is 7.94. The Morgan fingerprint density at radius 2 is 2.20 bits per heavy atom. The minimum atomic E-state index is -0.250. The average molecular weight is 155 g/mol. The van der Waals surface area contributed by atoms with Crippen molar-refractivity contribution >= 4 is 12.4 Å². The number of carboxylic acid groups (broad SMARTS) is 1. The molecule has 0 aromatic carbocycles. The number of carbonyl (C=O) groups is 2. The molecular weight excluding hydrogens is 145 g/mol. The maximum absolute atomic E-state index is 10.1. The summed E-state index contributed by atoms with van der Waals surface area (Å²) in [6, 6.07) is 0. The number of carbonyl (C=O) groups excluding carboxylic acids is 1. The van der Waals surface area contributed by atoms with Crippen LogP contribution in [0.1, 0.15) is 14.3 Å². The van der Waals surface area contributed by atoms with E-state index in [1.165, 1.54) is 0 Å². The van der Waals surface area contributed by atoms with Gasteiger partial charge in [-0.1, -0.05) is 0 Å². The molecule has 0 aliphatic carbocycles. The predicted octanol–water partition coefficient (Wildman–Crippen LogP) is -3.29. The van der Waals surface area contributed by atoms with Crippen LogP contribution in [0.5, 0.6) is 0 Å². The minimum absolute atomic E-state index is 0. The van der Waals surface area contributed by atoms with Gasteiger partial charge in [-0.3, -0.25) is 9.59 Å². The monoisotopic (exact) mass is 155 g/mol. The van der Waals surface area contributed by atoms with Crippen molar-refractivity contribution in [2.45, 2.75) is 12.8 Å². The summed E-state index contributed by atoms with van der Waals surface area (Å²) in [4.78, 5) is 18.5. The van der Waals surface area contributed by atoms with Gasteiger partial charge >= 0.3 is 29.6 Å². The minimum Gasteiger partial charge on any atom is -1.00 e. The van der Waals surface area contributed by atoms with E-state index >= 15 is 0 Å². The molecule has 1 aliphatic heterocycles. The van der Waals surface area contributed by atoms with E-state index in [0.29, 0.717) is 0 Å². The van der Waals surface area contributed by atoms with Gasteiger partial charge < -0.3 is 11.8 Å². The van der Waals surface area contributed by atoms with Crippen LogP contribution in [0.25, 0.3) is 0 Å². The van der Waals surface area contributed by atoms with Crippen molar-refractivity contribution in [1.82, 2.24) is 5.32 Å². The Morgan fingerprint density at radius 1 is 1.70 bits per heavy atom. The van der Waals surface area contributed by atoms with Crippen LogP contribution in [-0.2, 0) is 9.59 Å². The second kappa shape index (κ2) is 8.94. The summed E-state index contributed by atoms with van der Waals surface area (Å²) in [6.45, 7) is 0.638. The Morgan fingerprint density at radius 3 is 2.30 bits per heavy atom. The first-order valence-corrected chi connectivity index (χ1v) is 2.66. The van der Waals surface area contributed by atoms with Gasteiger partial charge in [-0.2, -0.15) is 0 Å². The predicted molar refractivity (Wildman–Crippen MR) is 32.0 cm³/mol. The van der Waals surface area contributed by atoms with Crippen molar-refractivity contribution in [1.29, 1.82) is 0 Å². The maximum Gasteiger partial charge on any atom is 1.00 e. The molecule has 4 nitrogen and oxygen atoms in total. The van der Waals surface area contributed by atoms with Gasteiger partial charge in [-0.25, -0.2) is 0 Å². The molecule has 0 unspecified atom stereocenters. The Kier molecular flexibility index (Phi) is 11.3. The molecule has 5 heteroatoms. The van der Waals surface area contributed by atoms with Crippen LogP contribution < -0.4 is 34.9 Å². The van der Waals surface area contributed by atoms with Crippen LogP contribution >= 0.6 is 0 Å². The van der Waals surface area contributed by atoms with Crippen molar-refractivity contribution in [3.05, 3.63) is 0 Å². The maximum atomic E-state index is 10.1. The summed E-state index contributed by atoms with van der Waals surface area (Å²) in [5, 5.41) is 9.57. The summed E-state index contributed by atoms with van der Waals surface area (Å²) in [5.41, 5.74) is 0. The fourth-order valence-electron chi connectivity index (χ4n) is 0.565. The first kappa shape index (κ1) is 12.6. The fraction of sp³-hybridized carbons (Fsp3) is 0.600. The van der Waals surface area contributed by atoms with Crippen LogP contribution in [0.2, 0.25) is 0 Å². The molecule has 2 N–H and O–H groups in total. The zero-order valence-corrected chi connectivity index (χ0v) is 7.96. The van der Waals surface area contributed by atoms with Gasteiger partial charge in [-0.15, -0.1) is 0 Å². The molecule has 0 aromatic heterocycles. The van der Waals surface area contributed by atoms with Crippen molar-refractivity contribution in [2.24, 2.45) is 0 Å². The van der Waals surface area contributed by atoms with E-state index in [2.05, 4.69) is 5.32 Å². The van der Waals surface area contributed by atoms with E-state index < -0.39 is 0 Å². The molecule has 0 bridgehead atoms. The topological polar surface area (TPSA) is 66.4 Å². The number of nitrogens with one attached hydrogen (secondary N) is 1. The van der Waals surface area contributed by atoms with Gasteiger partial charge in [0.15, 0.2) is 0 Å².